The lowest BCUT2D eigenvalue weighted by Crippen LogP contribution is -2.36. The maximum atomic E-state index is 10.2. The second-order valence-electron chi connectivity index (χ2n) is 8.73. The van der Waals surface area contributed by atoms with Gasteiger partial charge in [-0.25, -0.2) is 0 Å². The number of likely N-dealkylation sites (tertiary alicyclic amines) is 2. The molecule has 0 aromatic heterocycles. The number of nitrogens with zero attached hydrogens (tertiary/aromatic N) is 2. The Balaban J connectivity index is 1.35. The zero-order valence-electron chi connectivity index (χ0n) is 17.1. The molecule has 2 heterocycles. The average molecular weight is 369 g/mol. The van der Waals surface area contributed by atoms with Crippen molar-refractivity contribution in [2.24, 2.45) is 0 Å². The molecule has 2 rings (SSSR count). The summed E-state index contributed by atoms with van der Waals surface area (Å²) in [6.45, 7) is 6.49. The van der Waals surface area contributed by atoms with Crippen molar-refractivity contribution in [3.05, 3.63) is 0 Å². The third kappa shape index (κ3) is 10.2. The Hall–Kier alpha value is -0.160. The minimum atomic E-state index is -0.127. The first-order valence-corrected chi connectivity index (χ1v) is 11.5. The van der Waals surface area contributed by atoms with Crippen LogP contribution in [0.2, 0.25) is 0 Å². The van der Waals surface area contributed by atoms with Crippen molar-refractivity contribution < 1.29 is 10.2 Å². The van der Waals surface area contributed by atoms with Crippen molar-refractivity contribution in [2.45, 2.75) is 102 Å². The number of aliphatic hydroxyl groups excluding tert-OH is 2. The van der Waals surface area contributed by atoms with E-state index in [1.54, 1.807) is 0 Å². The zero-order chi connectivity index (χ0) is 18.5. The fraction of sp³-hybridized carbons (Fsp3) is 1.00. The van der Waals surface area contributed by atoms with Gasteiger partial charge in [0.2, 0.25) is 0 Å². The molecule has 4 heteroatoms. The first kappa shape index (κ1) is 22.1. The first-order chi connectivity index (χ1) is 12.7. The molecule has 0 bridgehead atoms. The van der Waals surface area contributed by atoms with Crippen molar-refractivity contribution in [3.8, 4) is 0 Å². The summed E-state index contributed by atoms with van der Waals surface area (Å²) in [5.41, 5.74) is 0. The van der Waals surface area contributed by atoms with Crippen molar-refractivity contribution in [3.63, 3.8) is 0 Å². The van der Waals surface area contributed by atoms with Crippen LogP contribution in [-0.4, -0.2) is 71.5 Å². The number of aliphatic hydroxyl groups is 2. The van der Waals surface area contributed by atoms with E-state index in [4.69, 9.17) is 0 Å². The molecule has 4 nitrogen and oxygen atoms in total. The molecule has 2 atom stereocenters. The van der Waals surface area contributed by atoms with Gasteiger partial charge in [-0.2, -0.15) is 0 Å². The highest BCUT2D eigenvalue weighted by molar-refractivity contribution is 4.70. The van der Waals surface area contributed by atoms with Crippen LogP contribution in [0.15, 0.2) is 0 Å². The van der Waals surface area contributed by atoms with E-state index in [0.29, 0.717) is 0 Å². The van der Waals surface area contributed by atoms with Crippen LogP contribution in [0.4, 0.5) is 0 Å². The van der Waals surface area contributed by atoms with Crippen molar-refractivity contribution in [1.82, 2.24) is 9.80 Å². The number of β-amino-alcohol motifs (C(OH)–C–C–N with tert-alkyl or cyclic N) is 2. The number of hydrogen-bond donors (Lipinski definition) is 2. The summed E-state index contributed by atoms with van der Waals surface area (Å²) in [5, 5.41) is 20.3. The Labute approximate surface area is 161 Å². The van der Waals surface area contributed by atoms with Crippen LogP contribution in [0.3, 0.4) is 0 Å². The monoisotopic (exact) mass is 368 g/mol. The first-order valence-electron chi connectivity index (χ1n) is 11.5. The molecular weight excluding hydrogens is 324 g/mol. The number of piperidine rings is 2. The lowest BCUT2D eigenvalue weighted by atomic mass is 10.0. The lowest BCUT2D eigenvalue weighted by molar-refractivity contribution is 0.0916. The highest BCUT2D eigenvalue weighted by atomic mass is 16.3. The van der Waals surface area contributed by atoms with E-state index in [-0.39, 0.29) is 12.2 Å². The van der Waals surface area contributed by atoms with Gasteiger partial charge in [-0.15, -0.1) is 0 Å². The van der Waals surface area contributed by atoms with Gasteiger partial charge in [-0.1, -0.05) is 51.4 Å². The number of rotatable bonds is 13. The molecule has 2 saturated heterocycles. The molecule has 2 fully saturated rings. The summed E-state index contributed by atoms with van der Waals surface area (Å²) in [5.74, 6) is 0. The zero-order valence-corrected chi connectivity index (χ0v) is 17.1. The molecule has 2 aliphatic heterocycles. The summed E-state index contributed by atoms with van der Waals surface area (Å²) in [4.78, 5) is 4.87. The summed E-state index contributed by atoms with van der Waals surface area (Å²) < 4.78 is 0. The smallest absolute Gasteiger partial charge is 0.0667 e. The highest BCUT2D eigenvalue weighted by Gasteiger charge is 2.15. The van der Waals surface area contributed by atoms with Crippen LogP contribution in [0.25, 0.3) is 0 Å². The Morgan fingerprint density at radius 3 is 1.23 bits per heavy atom. The van der Waals surface area contributed by atoms with Crippen LogP contribution in [0.1, 0.15) is 89.9 Å². The van der Waals surface area contributed by atoms with Crippen LogP contribution in [0.5, 0.6) is 0 Å². The van der Waals surface area contributed by atoms with Gasteiger partial charge in [-0.3, -0.25) is 0 Å². The summed E-state index contributed by atoms with van der Waals surface area (Å²) in [6, 6.07) is 0. The molecule has 0 spiro atoms. The Morgan fingerprint density at radius 2 is 0.846 bits per heavy atom. The summed E-state index contributed by atoms with van der Waals surface area (Å²) >= 11 is 0. The maximum Gasteiger partial charge on any atom is 0.0667 e. The molecule has 0 radical (unpaired) electrons. The SMILES string of the molecule is OC(CCCCCCCCC(O)CN1CCCCC1)CN1CCCCC1. The van der Waals surface area contributed by atoms with Crippen LogP contribution >= 0.6 is 0 Å². The molecule has 26 heavy (non-hydrogen) atoms. The predicted molar refractivity (Wildman–Crippen MR) is 110 cm³/mol. The standard InChI is InChI=1S/C22H44N2O2/c25-21(19-23-15-9-5-10-16-23)13-7-3-1-2-4-8-14-22(26)20-24-17-11-6-12-18-24/h21-22,25-26H,1-20H2. The van der Waals surface area contributed by atoms with E-state index >= 15 is 0 Å². The fourth-order valence-electron chi connectivity index (χ4n) is 4.53. The third-order valence-corrected chi connectivity index (χ3v) is 6.16. The van der Waals surface area contributed by atoms with E-state index in [0.717, 1.165) is 38.8 Å². The van der Waals surface area contributed by atoms with Crippen LogP contribution in [-0.2, 0) is 0 Å². The summed E-state index contributed by atoms with van der Waals surface area (Å²) in [6.07, 6.45) is 17.0. The maximum absolute atomic E-state index is 10.2. The summed E-state index contributed by atoms with van der Waals surface area (Å²) in [7, 11) is 0. The molecule has 0 aromatic carbocycles. The van der Waals surface area contributed by atoms with E-state index < -0.39 is 0 Å². The van der Waals surface area contributed by atoms with Crippen molar-refractivity contribution in [2.75, 3.05) is 39.3 Å². The van der Waals surface area contributed by atoms with Crippen molar-refractivity contribution in [1.29, 1.82) is 0 Å². The van der Waals surface area contributed by atoms with Gasteiger partial charge in [0.05, 0.1) is 12.2 Å². The van der Waals surface area contributed by atoms with Gasteiger partial charge >= 0.3 is 0 Å². The van der Waals surface area contributed by atoms with Crippen molar-refractivity contribution >= 4 is 0 Å². The van der Waals surface area contributed by atoms with Gasteiger partial charge in [0.1, 0.15) is 0 Å². The predicted octanol–water partition coefficient (Wildman–Crippen LogP) is 3.80. The minimum Gasteiger partial charge on any atom is -0.392 e. The second-order valence-corrected chi connectivity index (χ2v) is 8.73. The molecule has 2 N–H and O–H groups in total. The van der Waals surface area contributed by atoms with E-state index in [1.807, 2.05) is 0 Å². The highest BCUT2D eigenvalue weighted by Crippen LogP contribution is 2.15. The molecular formula is C22H44N2O2. The van der Waals surface area contributed by atoms with Gasteiger partial charge in [0.15, 0.2) is 0 Å². The quantitative estimate of drug-likeness (QED) is 0.486. The van der Waals surface area contributed by atoms with Gasteiger partial charge < -0.3 is 20.0 Å². The molecule has 2 unspecified atom stereocenters. The van der Waals surface area contributed by atoms with Crippen LogP contribution in [0, 0.1) is 0 Å². The van der Waals surface area contributed by atoms with Crippen LogP contribution < -0.4 is 0 Å². The van der Waals surface area contributed by atoms with E-state index in [1.165, 1.54) is 90.4 Å². The van der Waals surface area contributed by atoms with E-state index in [2.05, 4.69) is 9.80 Å². The van der Waals surface area contributed by atoms with Gasteiger partial charge in [-0.05, 0) is 64.7 Å². The molecule has 0 aromatic rings. The Morgan fingerprint density at radius 1 is 0.500 bits per heavy atom. The minimum absolute atomic E-state index is 0.127. The Bertz CT molecular complexity index is 296. The number of hydrogen-bond acceptors (Lipinski definition) is 4. The normalized spacial score (nSPS) is 22.4. The largest absolute Gasteiger partial charge is 0.392 e. The average Bonchev–Trinajstić information content (AvgIpc) is 2.65. The molecule has 0 saturated carbocycles. The number of unbranched alkanes of at least 4 members (excludes halogenated alkanes) is 5. The Kier molecular flexibility index (Phi) is 11.9. The van der Waals surface area contributed by atoms with Gasteiger partial charge in [0.25, 0.3) is 0 Å². The third-order valence-electron chi connectivity index (χ3n) is 6.16. The lowest BCUT2D eigenvalue weighted by Gasteiger charge is -2.28. The van der Waals surface area contributed by atoms with E-state index in [9.17, 15) is 10.2 Å². The molecule has 2 aliphatic rings. The molecule has 0 amide bonds. The van der Waals surface area contributed by atoms with Gasteiger partial charge in [0, 0.05) is 13.1 Å². The fourth-order valence-corrected chi connectivity index (χ4v) is 4.53. The molecule has 0 aliphatic carbocycles. The second kappa shape index (κ2) is 13.9. The molecule has 154 valence electrons. The topological polar surface area (TPSA) is 46.9 Å².